The molecule has 92 valence electrons. The number of halogens is 1. The number of fused-ring (bicyclic) bond motifs is 1. The fraction of sp³-hybridized carbons (Fsp3) is 0.182. The monoisotopic (exact) mass is 309 g/mol. The third-order valence-electron chi connectivity index (χ3n) is 2.64. The van der Waals surface area contributed by atoms with E-state index in [0.29, 0.717) is 11.3 Å². The molecule has 0 saturated heterocycles. The average molecular weight is 310 g/mol. The first-order valence-corrected chi connectivity index (χ1v) is 5.81. The molecule has 2 rings (SSSR count). The van der Waals surface area contributed by atoms with Gasteiger partial charge in [0, 0.05) is 15.0 Å². The standard InChI is InChI=1S/C11H8BrN3O3/c12-6-1-2-7-9(5-15(16)17)8(4-13)11(14)18-10(7)3-6/h1-3,9H,5,14H2. The van der Waals surface area contributed by atoms with E-state index in [4.69, 9.17) is 15.7 Å². The van der Waals surface area contributed by atoms with Crippen LogP contribution in [0.1, 0.15) is 11.5 Å². The molecule has 1 aliphatic heterocycles. The highest BCUT2D eigenvalue weighted by Gasteiger charge is 2.32. The van der Waals surface area contributed by atoms with Crippen LogP contribution in [0, 0.1) is 21.4 Å². The van der Waals surface area contributed by atoms with Crippen molar-refractivity contribution in [2.45, 2.75) is 5.92 Å². The predicted molar refractivity (Wildman–Crippen MR) is 66.2 cm³/mol. The van der Waals surface area contributed by atoms with E-state index in [2.05, 4.69) is 15.9 Å². The molecule has 0 bridgehead atoms. The van der Waals surface area contributed by atoms with Crippen molar-refractivity contribution >= 4 is 15.9 Å². The second-order valence-electron chi connectivity index (χ2n) is 3.74. The third kappa shape index (κ3) is 2.15. The Hall–Kier alpha value is -2.07. The van der Waals surface area contributed by atoms with Gasteiger partial charge in [0.25, 0.3) is 0 Å². The van der Waals surface area contributed by atoms with Crippen LogP contribution in [0.15, 0.2) is 34.1 Å². The van der Waals surface area contributed by atoms with Gasteiger partial charge < -0.3 is 10.5 Å². The van der Waals surface area contributed by atoms with Crippen molar-refractivity contribution < 1.29 is 9.66 Å². The maximum absolute atomic E-state index is 10.7. The van der Waals surface area contributed by atoms with E-state index in [1.54, 1.807) is 18.2 Å². The van der Waals surface area contributed by atoms with Gasteiger partial charge in [0.05, 0.1) is 5.92 Å². The second-order valence-corrected chi connectivity index (χ2v) is 4.66. The van der Waals surface area contributed by atoms with Crippen molar-refractivity contribution in [3.05, 3.63) is 49.8 Å². The average Bonchev–Trinajstić information content (AvgIpc) is 2.27. The zero-order chi connectivity index (χ0) is 13.3. The van der Waals surface area contributed by atoms with Crippen LogP contribution < -0.4 is 10.5 Å². The molecule has 0 aliphatic carbocycles. The molecule has 0 radical (unpaired) electrons. The summed E-state index contributed by atoms with van der Waals surface area (Å²) in [4.78, 5) is 10.2. The van der Waals surface area contributed by atoms with Crippen LogP contribution in [0.25, 0.3) is 0 Å². The smallest absolute Gasteiger partial charge is 0.215 e. The van der Waals surface area contributed by atoms with Crippen LogP contribution in [-0.2, 0) is 0 Å². The summed E-state index contributed by atoms with van der Waals surface area (Å²) in [6.07, 6.45) is 0. The van der Waals surface area contributed by atoms with E-state index >= 15 is 0 Å². The van der Waals surface area contributed by atoms with Crippen molar-refractivity contribution in [1.82, 2.24) is 0 Å². The Kier molecular flexibility index (Phi) is 3.21. The molecule has 2 N–H and O–H groups in total. The number of benzene rings is 1. The van der Waals surface area contributed by atoms with Gasteiger partial charge in [-0.3, -0.25) is 10.1 Å². The van der Waals surface area contributed by atoms with Gasteiger partial charge in [0.1, 0.15) is 17.4 Å². The lowest BCUT2D eigenvalue weighted by Crippen LogP contribution is -2.24. The molecule has 0 amide bonds. The fourth-order valence-electron chi connectivity index (χ4n) is 1.86. The summed E-state index contributed by atoms with van der Waals surface area (Å²) in [5, 5.41) is 19.7. The quantitative estimate of drug-likeness (QED) is 0.664. The van der Waals surface area contributed by atoms with E-state index in [1.807, 2.05) is 6.07 Å². The molecule has 6 nitrogen and oxygen atoms in total. The minimum absolute atomic E-state index is 0.0741. The molecule has 1 unspecified atom stereocenters. The number of hydrogen-bond donors (Lipinski definition) is 1. The molecule has 1 aromatic carbocycles. The van der Waals surface area contributed by atoms with Crippen LogP contribution in [0.2, 0.25) is 0 Å². The minimum Gasteiger partial charge on any atom is -0.440 e. The van der Waals surface area contributed by atoms with Crippen LogP contribution >= 0.6 is 15.9 Å². The lowest BCUT2D eigenvalue weighted by Gasteiger charge is -2.23. The molecule has 0 fully saturated rings. The van der Waals surface area contributed by atoms with Crippen LogP contribution in [0.3, 0.4) is 0 Å². The zero-order valence-electron chi connectivity index (χ0n) is 9.09. The Bertz CT molecular complexity index is 592. The Morgan fingerprint density at radius 3 is 2.94 bits per heavy atom. The maximum Gasteiger partial charge on any atom is 0.215 e. The summed E-state index contributed by atoms with van der Waals surface area (Å²) < 4.78 is 6.08. The summed E-state index contributed by atoms with van der Waals surface area (Å²) in [6.45, 7) is -0.387. The van der Waals surface area contributed by atoms with Gasteiger partial charge >= 0.3 is 0 Å². The van der Waals surface area contributed by atoms with Gasteiger partial charge in [-0.2, -0.15) is 5.26 Å². The molecular formula is C11H8BrN3O3. The van der Waals surface area contributed by atoms with Gasteiger partial charge in [-0.15, -0.1) is 0 Å². The Balaban J connectivity index is 2.54. The van der Waals surface area contributed by atoms with Crippen LogP contribution in [0.5, 0.6) is 5.75 Å². The van der Waals surface area contributed by atoms with Gasteiger partial charge in [-0.05, 0) is 12.1 Å². The molecule has 7 heteroatoms. The molecule has 0 saturated carbocycles. The highest BCUT2D eigenvalue weighted by atomic mass is 79.9. The van der Waals surface area contributed by atoms with Crippen molar-refractivity contribution in [1.29, 1.82) is 5.26 Å². The maximum atomic E-state index is 10.7. The number of nitrogens with zero attached hydrogens (tertiary/aromatic N) is 2. The van der Waals surface area contributed by atoms with Crippen LogP contribution in [-0.4, -0.2) is 11.5 Å². The third-order valence-corrected chi connectivity index (χ3v) is 3.13. The molecule has 1 aromatic rings. The van der Waals surface area contributed by atoms with Crippen LogP contribution in [0.4, 0.5) is 0 Å². The summed E-state index contributed by atoms with van der Waals surface area (Å²) in [5.74, 6) is -0.301. The van der Waals surface area contributed by atoms with E-state index in [1.165, 1.54) is 0 Å². The van der Waals surface area contributed by atoms with Crippen molar-refractivity contribution in [2.75, 3.05) is 6.54 Å². The van der Waals surface area contributed by atoms with Gasteiger partial charge in [-0.1, -0.05) is 22.0 Å². The molecule has 1 aliphatic rings. The summed E-state index contributed by atoms with van der Waals surface area (Å²) in [7, 11) is 0. The number of ether oxygens (including phenoxy) is 1. The first-order valence-electron chi connectivity index (χ1n) is 5.01. The second kappa shape index (κ2) is 4.66. The number of nitro groups is 1. The Labute approximate surface area is 111 Å². The molecule has 1 atom stereocenters. The predicted octanol–water partition coefficient (Wildman–Crippen LogP) is 1.90. The lowest BCUT2D eigenvalue weighted by molar-refractivity contribution is -0.482. The minimum atomic E-state index is -0.665. The SMILES string of the molecule is N#CC1=C(N)Oc2cc(Br)ccc2C1C[N+](=O)[O-]. The number of nitriles is 1. The summed E-state index contributed by atoms with van der Waals surface area (Å²) >= 11 is 3.28. The van der Waals surface area contributed by atoms with Crippen molar-refractivity contribution in [3.8, 4) is 11.8 Å². The Morgan fingerprint density at radius 1 is 1.61 bits per heavy atom. The molecule has 0 aromatic heterocycles. The van der Waals surface area contributed by atoms with E-state index < -0.39 is 10.8 Å². The molecule has 18 heavy (non-hydrogen) atoms. The first kappa shape index (κ1) is 12.4. The molecule has 1 heterocycles. The zero-order valence-corrected chi connectivity index (χ0v) is 10.7. The first-order chi connectivity index (χ1) is 8.52. The number of hydrogen-bond acceptors (Lipinski definition) is 5. The number of nitrogens with two attached hydrogens (primary N) is 1. The topological polar surface area (TPSA) is 102 Å². The Morgan fingerprint density at radius 2 is 2.33 bits per heavy atom. The molecular weight excluding hydrogens is 302 g/mol. The normalized spacial score (nSPS) is 17.7. The summed E-state index contributed by atoms with van der Waals surface area (Å²) in [5.41, 5.74) is 6.31. The largest absolute Gasteiger partial charge is 0.440 e. The van der Waals surface area contributed by atoms with E-state index in [0.717, 1.165) is 4.47 Å². The van der Waals surface area contributed by atoms with Gasteiger partial charge in [0.2, 0.25) is 12.4 Å². The van der Waals surface area contributed by atoms with Crippen molar-refractivity contribution in [2.24, 2.45) is 5.73 Å². The number of rotatable bonds is 2. The van der Waals surface area contributed by atoms with Gasteiger partial charge in [-0.25, -0.2) is 0 Å². The fourth-order valence-corrected chi connectivity index (χ4v) is 2.20. The highest BCUT2D eigenvalue weighted by molar-refractivity contribution is 9.10. The van der Waals surface area contributed by atoms with E-state index in [-0.39, 0.29) is 18.0 Å². The highest BCUT2D eigenvalue weighted by Crippen LogP contribution is 2.39. The summed E-state index contributed by atoms with van der Waals surface area (Å²) in [6, 6.07) is 6.98. The van der Waals surface area contributed by atoms with Gasteiger partial charge in [0.15, 0.2) is 0 Å². The lowest BCUT2D eigenvalue weighted by atomic mass is 9.89. The van der Waals surface area contributed by atoms with E-state index in [9.17, 15) is 10.1 Å². The van der Waals surface area contributed by atoms with Crippen molar-refractivity contribution in [3.63, 3.8) is 0 Å². The molecule has 0 spiro atoms.